The lowest BCUT2D eigenvalue weighted by atomic mass is 10.1. The average Bonchev–Trinajstić information content (AvgIpc) is 2.36. The van der Waals surface area contributed by atoms with Crippen LogP contribution in [0.15, 0.2) is 18.2 Å². The summed E-state index contributed by atoms with van der Waals surface area (Å²) in [5.74, 6) is -0.506. The Bertz CT molecular complexity index is 449. The lowest BCUT2D eigenvalue weighted by Crippen LogP contribution is -2.35. The smallest absolute Gasteiger partial charge is 0.258 e. The van der Waals surface area contributed by atoms with E-state index in [1.807, 2.05) is 13.8 Å². The molecule has 0 aliphatic carbocycles. The third-order valence-electron chi connectivity index (χ3n) is 2.92. The van der Waals surface area contributed by atoms with Gasteiger partial charge in [0.05, 0.1) is 6.10 Å². The van der Waals surface area contributed by atoms with Crippen LogP contribution in [0.5, 0.6) is 5.75 Å². The van der Waals surface area contributed by atoms with Gasteiger partial charge in [0.15, 0.2) is 6.61 Å². The van der Waals surface area contributed by atoms with Crippen LogP contribution in [0, 0.1) is 5.82 Å². The van der Waals surface area contributed by atoms with E-state index in [4.69, 9.17) is 4.74 Å². The Morgan fingerprint density at radius 3 is 2.70 bits per heavy atom. The van der Waals surface area contributed by atoms with Crippen molar-refractivity contribution in [1.29, 1.82) is 0 Å². The molecule has 0 saturated carbocycles. The van der Waals surface area contributed by atoms with Gasteiger partial charge in [0.1, 0.15) is 11.6 Å². The van der Waals surface area contributed by atoms with Crippen LogP contribution in [0.2, 0.25) is 0 Å². The Morgan fingerprint density at radius 1 is 1.45 bits per heavy atom. The third-order valence-corrected chi connectivity index (χ3v) is 2.92. The van der Waals surface area contributed by atoms with Gasteiger partial charge in [0.2, 0.25) is 0 Å². The quantitative estimate of drug-likeness (QED) is 0.808. The number of benzene rings is 1. The summed E-state index contributed by atoms with van der Waals surface area (Å²) in [6.07, 6.45) is 1.03. The predicted molar refractivity (Wildman–Crippen MR) is 75.0 cm³/mol. The molecule has 2 N–H and O–H groups in total. The highest BCUT2D eigenvalue weighted by atomic mass is 19.1. The van der Waals surface area contributed by atoms with Crippen LogP contribution >= 0.6 is 0 Å². The molecule has 2 atom stereocenters. The fourth-order valence-corrected chi connectivity index (χ4v) is 1.91. The van der Waals surface area contributed by atoms with Crippen LogP contribution in [0.4, 0.5) is 4.39 Å². The minimum Gasteiger partial charge on any atom is -0.484 e. The highest BCUT2D eigenvalue weighted by Gasteiger charge is 2.11. The Labute approximate surface area is 119 Å². The number of hydrogen-bond acceptors (Lipinski definition) is 3. The molecule has 0 aliphatic rings. The molecule has 1 aromatic rings. The Hall–Kier alpha value is -1.62. The monoisotopic (exact) mass is 283 g/mol. The second kappa shape index (κ2) is 7.85. The zero-order valence-electron chi connectivity index (χ0n) is 12.1. The number of aliphatic hydroxyl groups is 1. The molecule has 0 radical (unpaired) electrons. The zero-order valence-corrected chi connectivity index (χ0v) is 12.1. The third kappa shape index (κ3) is 5.17. The summed E-state index contributed by atoms with van der Waals surface area (Å²) < 4.78 is 18.8. The van der Waals surface area contributed by atoms with Gasteiger partial charge in [-0.1, -0.05) is 13.3 Å². The molecule has 0 aromatic heterocycles. The molecular formula is C15H22FNO3. The van der Waals surface area contributed by atoms with Gasteiger partial charge >= 0.3 is 0 Å². The molecular weight excluding hydrogens is 261 g/mol. The molecule has 112 valence electrons. The van der Waals surface area contributed by atoms with E-state index in [2.05, 4.69) is 5.32 Å². The number of rotatable bonds is 7. The van der Waals surface area contributed by atoms with Crippen molar-refractivity contribution in [2.24, 2.45) is 0 Å². The van der Waals surface area contributed by atoms with Crippen molar-refractivity contribution in [2.75, 3.05) is 6.61 Å². The molecule has 0 fully saturated rings. The maximum atomic E-state index is 13.6. The lowest BCUT2D eigenvalue weighted by Gasteiger charge is -2.13. The van der Waals surface area contributed by atoms with Gasteiger partial charge in [-0.25, -0.2) is 4.39 Å². The maximum Gasteiger partial charge on any atom is 0.258 e. The standard InChI is InChI=1S/C15H22FNO3/c1-4-5-10(2)17-15(19)9-20-12-6-7-13(11(3)18)14(16)8-12/h6-8,10-11,18H,4-5,9H2,1-3H3,(H,17,19)/t10?,11-/m0/s1. The van der Waals surface area contributed by atoms with Crippen molar-refractivity contribution >= 4 is 5.91 Å². The van der Waals surface area contributed by atoms with E-state index >= 15 is 0 Å². The topological polar surface area (TPSA) is 58.6 Å². The zero-order chi connectivity index (χ0) is 15.1. The molecule has 4 nitrogen and oxygen atoms in total. The molecule has 1 amide bonds. The van der Waals surface area contributed by atoms with E-state index in [9.17, 15) is 14.3 Å². The molecule has 1 aromatic carbocycles. The molecule has 1 unspecified atom stereocenters. The summed E-state index contributed by atoms with van der Waals surface area (Å²) in [6, 6.07) is 4.26. The first kappa shape index (κ1) is 16.4. The molecule has 0 spiro atoms. The van der Waals surface area contributed by atoms with Crippen LogP contribution in [-0.2, 0) is 4.79 Å². The highest BCUT2D eigenvalue weighted by molar-refractivity contribution is 5.77. The van der Waals surface area contributed by atoms with Gasteiger partial charge < -0.3 is 15.2 Å². The van der Waals surface area contributed by atoms with E-state index < -0.39 is 11.9 Å². The maximum absolute atomic E-state index is 13.6. The second-order valence-corrected chi connectivity index (χ2v) is 4.91. The van der Waals surface area contributed by atoms with E-state index in [0.717, 1.165) is 12.8 Å². The molecule has 0 bridgehead atoms. The lowest BCUT2D eigenvalue weighted by molar-refractivity contribution is -0.123. The fourth-order valence-electron chi connectivity index (χ4n) is 1.91. The summed E-state index contributed by atoms with van der Waals surface area (Å²) in [5, 5.41) is 12.1. The first-order chi connectivity index (χ1) is 9.43. The van der Waals surface area contributed by atoms with Crippen LogP contribution in [0.25, 0.3) is 0 Å². The van der Waals surface area contributed by atoms with Gasteiger partial charge in [-0.15, -0.1) is 0 Å². The molecule has 0 saturated heterocycles. The minimum absolute atomic E-state index is 0.102. The average molecular weight is 283 g/mol. The van der Waals surface area contributed by atoms with Crippen molar-refractivity contribution in [2.45, 2.75) is 45.8 Å². The Morgan fingerprint density at radius 2 is 2.15 bits per heavy atom. The number of amides is 1. The molecule has 1 rings (SSSR count). The summed E-state index contributed by atoms with van der Waals surface area (Å²) in [7, 11) is 0. The van der Waals surface area contributed by atoms with E-state index in [0.29, 0.717) is 0 Å². The summed E-state index contributed by atoms with van der Waals surface area (Å²) in [5.41, 5.74) is 0.207. The van der Waals surface area contributed by atoms with Crippen molar-refractivity contribution in [3.05, 3.63) is 29.6 Å². The van der Waals surface area contributed by atoms with Crippen LogP contribution in [0.3, 0.4) is 0 Å². The first-order valence-electron chi connectivity index (χ1n) is 6.83. The van der Waals surface area contributed by atoms with Crippen molar-refractivity contribution < 1.29 is 19.0 Å². The first-order valence-corrected chi connectivity index (χ1v) is 6.83. The van der Waals surface area contributed by atoms with Gasteiger partial charge in [0, 0.05) is 17.7 Å². The number of carbonyl (C=O) groups excluding carboxylic acids is 1. The summed E-state index contributed by atoms with van der Waals surface area (Å²) in [6.45, 7) is 5.31. The Kier molecular flexibility index (Phi) is 6.45. The summed E-state index contributed by atoms with van der Waals surface area (Å²) >= 11 is 0. The van der Waals surface area contributed by atoms with E-state index in [-0.39, 0.29) is 29.9 Å². The number of carbonyl (C=O) groups is 1. The van der Waals surface area contributed by atoms with Gasteiger partial charge in [0.25, 0.3) is 5.91 Å². The fraction of sp³-hybridized carbons (Fsp3) is 0.533. The largest absolute Gasteiger partial charge is 0.484 e. The number of aliphatic hydroxyl groups excluding tert-OH is 1. The summed E-state index contributed by atoms with van der Waals surface area (Å²) in [4.78, 5) is 11.6. The van der Waals surface area contributed by atoms with E-state index in [1.54, 1.807) is 0 Å². The number of hydrogen-bond donors (Lipinski definition) is 2. The van der Waals surface area contributed by atoms with Crippen LogP contribution in [-0.4, -0.2) is 23.7 Å². The van der Waals surface area contributed by atoms with Gasteiger partial charge in [-0.3, -0.25) is 4.79 Å². The van der Waals surface area contributed by atoms with Crippen LogP contribution < -0.4 is 10.1 Å². The van der Waals surface area contributed by atoms with Gasteiger partial charge in [-0.05, 0) is 32.4 Å². The molecule has 20 heavy (non-hydrogen) atoms. The minimum atomic E-state index is -0.873. The SMILES string of the molecule is CCCC(C)NC(=O)COc1ccc([C@H](C)O)c(F)c1. The number of halogens is 1. The van der Waals surface area contributed by atoms with Crippen molar-refractivity contribution in [3.8, 4) is 5.75 Å². The number of ether oxygens (including phenoxy) is 1. The number of nitrogens with one attached hydrogen (secondary N) is 1. The van der Waals surface area contributed by atoms with Crippen molar-refractivity contribution in [3.63, 3.8) is 0 Å². The molecule has 5 heteroatoms. The normalized spacial score (nSPS) is 13.7. The second-order valence-electron chi connectivity index (χ2n) is 4.91. The predicted octanol–water partition coefficient (Wildman–Crippen LogP) is 2.56. The van der Waals surface area contributed by atoms with Gasteiger partial charge in [-0.2, -0.15) is 0 Å². The molecule has 0 heterocycles. The molecule has 0 aliphatic heterocycles. The Balaban J connectivity index is 2.49. The van der Waals surface area contributed by atoms with Crippen molar-refractivity contribution in [1.82, 2.24) is 5.32 Å². The van der Waals surface area contributed by atoms with Crippen LogP contribution in [0.1, 0.15) is 45.3 Å². The van der Waals surface area contributed by atoms with E-state index in [1.165, 1.54) is 25.1 Å². The highest BCUT2D eigenvalue weighted by Crippen LogP contribution is 2.21.